The van der Waals surface area contributed by atoms with Gasteiger partial charge >= 0.3 is 5.97 Å². The lowest BCUT2D eigenvalue weighted by Gasteiger charge is -2.16. The highest BCUT2D eigenvalue weighted by atomic mass is 35.5. The van der Waals surface area contributed by atoms with E-state index in [0.717, 1.165) is 21.8 Å². The van der Waals surface area contributed by atoms with Crippen LogP contribution >= 0.6 is 22.9 Å². The number of para-hydroxylation sites is 1. The van der Waals surface area contributed by atoms with E-state index in [1.807, 2.05) is 24.3 Å². The zero-order valence-electron chi connectivity index (χ0n) is 13.9. The number of hydrogen-bond donors (Lipinski definition) is 1. The molecule has 0 saturated heterocycles. The van der Waals surface area contributed by atoms with Gasteiger partial charge in [-0.3, -0.25) is 4.79 Å². The number of fused-ring (bicyclic) bond motifs is 3. The number of pyridine rings is 1. The third-order valence-corrected chi connectivity index (χ3v) is 5.27. The molecule has 0 saturated carbocycles. The Morgan fingerprint density at radius 1 is 1.26 bits per heavy atom. The summed E-state index contributed by atoms with van der Waals surface area (Å²) in [5, 5.41) is 3.00. The van der Waals surface area contributed by atoms with Gasteiger partial charge in [0.1, 0.15) is 23.1 Å². The molecule has 1 aliphatic rings. The van der Waals surface area contributed by atoms with E-state index >= 15 is 0 Å². The Hall–Kier alpha value is -2.90. The number of hydrogen-bond acceptors (Lipinski definition) is 6. The number of nitrogens with one attached hydrogen (secondary N) is 1. The van der Waals surface area contributed by atoms with Gasteiger partial charge < -0.3 is 14.8 Å². The second kappa shape index (κ2) is 7.38. The fourth-order valence-corrected chi connectivity index (χ4v) is 3.83. The van der Waals surface area contributed by atoms with Crippen LogP contribution in [0.5, 0.6) is 5.75 Å². The van der Waals surface area contributed by atoms with Gasteiger partial charge in [0.15, 0.2) is 6.61 Å². The van der Waals surface area contributed by atoms with Crippen molar-refractivity contribution in [1.29, 1.82) is 0 Å². The van der Waals surface area contributed by atoms with Gasteiger partial charge in [-0.15, -0.1) is 11.3 Å². The predicted molar refractivity (Wildman–Crippen MR) is 102 cm³/mol. The molecular formula is C19H13ClN2O4S. The molecule has 4 rings (SSSR count). The van der Waals surface area contributed by atoms with Crippen LogP contribution in [0.2, 0.25) is 5.02 Å². The molecule has 0 unspecified atom stereocenters. The Bertz CT molecular complexity index is 1020. The van der Waals surface area contributed by atoms with Crippen LogP contribution in [-0.4, -0.2) is 23.5 Å². The maximum Gasteiger partial charge on any atom is 0.348 e. The van der Waals surface area contributed by atoms with Crippen LogP contribution in [0.1, 0.15) is 15.2 Å². The van der Waals surface area contributed by atoms with Crippen molar-refractivity contribution in [1.82, 2.24) is 4.98 Å². The molecular weight excluding hydrogens is 388 g/mol. The number of benzene rings is 1. The van der Waals surface area contributed by atoms with Gasteiger partial charge in [-0.05, 0) is 30.3 Å². The van der Waals surface area contributed by atoms with Gasteiger partial charge in [-0.2, -0.15) is 0 Å². The second-order valence-corrected chi connectivity index (χ2v) is 7.22. The van der Waals surface area contributed by atoms with E-state index < -0.39 is 18.5 Å². The summed E-state index contributed by atoms with van der Waals surface area (Å²) < 4.78 is 10.8. The van der Waals surface area contributed by atoms with Gasteiger partial charge in [0.25, 0.3) is 5.91 Å². The number of nitrogens with zero attached hydrogens (tertiary/aromatic N) is 1. The molecule has 3 aromatic rings. The van der Waals surface area contributed by atoms with Crippen molar-refractivity contribution in [2.24, 2.45) is 0 Å². The number of carbonyl (C=O) groups excluding carboxylic acids is 2. The molecule has 1 aromatic carbocycles. The summed E-state index contributed by atoms with van der Waals surface area (Å²) in [5.41, 5.74) is 1.88. The monoisotopic (exact) mass is 400 g/mol. The highest BCUT2D eigenvalue weighted by Gasteiger charge is 2.23. The number of amides is 1. The average molecular weight is 401 g/mol. The number of thiophene rings is 1. The molecule has 0 spiro atoms. The molecule has 1 aliphatic heterocycles. The molecule has 6 nitrogen and oxygen atoms in total. The molecule has 1 amide bonds. The van der Waals surface area contributed by atoms with Crippen molar-refractivity contribution in [3.05, 3.63) is 64.1 Å². The van der Waals surface area contributed by atoms with Gasteiger partial charge in [-0.25, -0.2) is 9.78 Å². The van der Waals surface area contributed by atoms with Crippen LogP contribution in [0.3, 0.4) is 0 Å². The van der Waals surface area contributed by atoms with E-state index in [0.29, 0.717) is 22.3 Å². The second-order valence-electron chi connectivity index (χ2n) is 5.74. The first-order valence-electron chi connectivity index (χ1n) is 8.03. The molecule has 0 bridgehead atoms. The van der Waals surface area contributed by atoms with Crippen molar-refractivity contribution >= 4 is 40.6 Å². The summed E-state index contributed by atoms with van der Waals surface area (Å²) in [6.45, 7) is -0.00234. The molecule has 0 atom stereocenters. The first-order chi connectivity index (χ1) is 13.1. The Balaban J connectivity index is 1.40. The number of carbonyl (C=O) groups is 2. The third kappa shape index (κ3) is 3.79. The molecule has 0 radical (unpaired) electrons. The molecule has 0 aliphatic carbocycles. The van der Waals surface area contributed by atoms with E-state index in [1.54, 1.807) is 18.2 Å². The van der Waals surface area contributed by atoms with Gasteiger partial charge in [0, 0.05) is 22.2 Å². The normalized spacial score (nSPS) is 11.7. The SMILES string of the molecule is O=C(COC(=O)c1cc2c(s1)-c1ccccc1OC2)Nc1ccc(Cl)cn1. The summed E-state index contributed by atoms with van der Waals surface area (Å²) in [5.74, 6) is 0.0988. The zero-order chi connectivity index (χ0) is 18.8. The summed E-state index contributed by atoms with van der Waals surface area (Å²) in [4.78, 5) is 29.6. The minimum Gasteiger partial charge on any atom is -0.488 e. The number of esters is 1. The maximum absolute atomic E-state index is 12.3. The number of aromatic nitrogens is 1. The summed E-state index contributed by atoms with van der Waals surface area (Å²) >= 11 is 7.07. The number of halogens is 1. The standard InChI is InChI=1S/C19H13ClN2O4S/c20-12-5-6-16(21-8-12)22-17(23)10-26-19(24)15-7-11-9-25-14-4-2-1-3-13(14)18(11)27-15/h1-8H,9-10H2,(H,21,22,23). The first kappa shape index (κ1) is 17.5. The molecule has 2 aromatic heterocycles. The Labute approximate surface area is 163 Å². The molecule has 8 heteroatoms. The smallest absolute Gasteiger partial charge is 0.348 e. The van der Waals surface area contributed by atoms with Gasteiger partial charge in [-0.1, -0.05) is 23.7 Å². The minimum absolute atomic E-state index is 0.334. The average Bonchev–Trinajstić information content (AvgIpc) is 3.13. The van der Waals surface area contributed by atoms with Crippen LogP contribution < -0.4 is 10.1 Å². The predicted octanol–water partition coefficient (Wildman–Crippen LogP) is 4.15. The molecule has 136 valence electrons. The van der Waals surface area contributed by atoms with Crippen LogP contribution in [0, 0.1) is 0 Å². The van der Waals surface area contributed by atoms with Crippen LogP contribution in [-0.2, 0) is 16.1 Å². The summed E-state index contributed by atoms with van der Waals surface area (Å²) in [6, 6.07) is 12.6. The summed E-state index contributed by atoms with van der Waals surface area (Å²) in [7, 11) is 0. The fraction of sp³-hybridized carbons (Fsp3) is 0.105. The van der Waals surface area contributed by atoms with E-state index in [2.05, 4.69) is 10.3 Å². The molecule has 1 N–H and O–H groups in total. The molecule has 27 heavy (non-hydrogen) atoms. The lowest BCUT2D eigenvalue weighted by Crippen LogP contribution is -2.21. The lowest BCUT2D eigenvalue weighted by atomic mass is 10.1. The van der Waals surface area contributed by atoms with E-state index in [1.165, 1.54) is 17.5 Å². The van der Waals surface area contributed by atoms with E-state index in [-0.39, 0.29) is 0 Å². The fourth-order valence-electron chi connectivity index (χ4n) is 2.63. The quantitative estimate of drug-likeness (QED) is 0.665. The van der Waals surface area contributed by atoms with Crippen molar-refractivity contribution in [2.45, 2.75) is 6.61 Å². The third-order valence-electron chi connectivity index (χ3n) is 3.85. The van der Waals surface area contributed by atoms with Crippen molar-refractivity contribution < 1.29 is 19.1 Å². The lowest BCUT2D eigenvalue weighted by molar-refractivity contribution is -0.119. The molecule has 3 heterocycles. The Kier molecular flexibility index (Phi) is 4.79. The Morgan fingerprint density at radius 2 is 2.11 bits per heavy atom. The summed E-state index contributed by atoms with van der Waals surface area (Å²) in [6.07, 6.45) is 1.42. The number of ether oxygens (including phenoxy) is 2. The zero-order valence-corrected chi connectivity index (χ0v) is 15.5. The van der Waals surface area contributed by atoms with Crippen LogP contribution in [0.25, 0.3) is 10.4 Å². The van der Waals surface area contributed by atoms with Crippen molar-refractivity contribution in [2.75, 3.05) is 11.9 Å². The van der Waals surface area contributed by atoms with Gasteiger partial charge in [0.2, 0.25) is 0 Å². The van der Waals surface area contributed by atoms with Gasteiger partial charge in [0.05, 0.1) is 5.02 Å². The van der Waals surface area contributed by atoms with E-state index in [9.17, 15) is 9.59 Å². The minimum atomic E-state index is -0.550. The van der Waals surface area contributed by atoms with Crippen LogP contribution in [0.15, 0.2) is 48.7 Å². The largest absolute Gasteiger partial charge is 0.488 e. The topological polar surface area (TPSA) is 77.5 Å². The van der Waals surface area contributed by atoms with Crippen molar-refractivity contribution in [3.8, 4) is 16.2 Å². The molecule has 0 fully saturated rings. The Morgan fingerprint density at radius 3 is 2.93 bits per heavy atom. The van der Waals surface area contributed by atoms with Crippen LogP contribution in [0.4, 0.5) is 5.82 Å². The first-order valence-corrected chi connectivity index (χ1v) is 9.23. The number of rotatable bonds is 4. The highest BCUT2D eigenvalue weighted by molar-refractivity contribution is 7.17. The highest BCUT2D eigenvalue weighted by Crippen LogP contribution is 2.42. The maximum atomic E-state index is 12.3. The number of anilines is 1. The van der Waals surface area contributed by atoms with Crippen molar-refractivity contribution in [3.63, 3.8) is 0 Å². The van der Waals surface area contributed by atoms with E-state index in [4.69, 9.17) is 21.1 Å².